The summed E-state index contributed by atoms with van der Waals surface area (Å²) in [5.41, 5.74) is 1.39. The van der Waals surface area contributed by atoms with E-state index in [1.165, 1.54) is 55.6 Å². The third-order valence-corrected chi connectivity index (χ3v) is 5.78. The zero-order chi connectivity index (χ0) is 12.7. The van der Waals surface area contributed by atoms with Gasteiger partial charge in [-0.25, -0.2) is 4.98 Å². The van der Waals surface area contributed by atoms with E-state index in [4.69, 9.17) is 9.72 Å². The minimum absolute atomic E-state index is 0.448. The molecule has 104 valence electrons. The van der Waals surface area contributed by atoms with Gasteiger partial charge in [-0.05, 0) is 44.9 Å². The molecule has 2 aliphatic carbocycles. The second kappa shape index (κ2) is 5.15. The van der Waals surface area contributed by atoms with E-state index < -0.39 is 0 Å². The van der Waals surface area contributed by atoms with Crippen molar-refractivity contribution in [3.63, 3.8) is 0 Å². The first-order chi connectivity index (χ1) is 9.40. The zero-order valence-corrected chi connectivity index (χ0v) is 12.2. The van der Waals surface area contributed by atoms with E-state index in [9.17, 15) is 0 Å². The summed E-state index contributed by atoms with van der Waals surface area (Å²) in [7, 11) is 0. The number of nitrogens with one attached hydrogen (secondary N) is 1. The fourth-order valence-electron chi connectivity index (χ4n) is 3.28. The topological polar surface area (TPSA) is 34.2 Å². The van der Waals surface area contributed by atoms with Crippen LogP contribution < -0.4 is 5.32 Å². The normalized spacial score (nSPS) is 28.3. The van der Waals surface area contributed by atoms with E-state index in [-0.39, 0.29) is 0 Å². The molecule has 1 N–H and O–H groups in total. The molecule has 2 atom stereocenters. The third kappa shape index (κ3) is 2.58. The first-order valence-electron chi connectivity index (χ1n) is 7.72. The van der Waals surface area contributed by atoms with E-state index in [1.54, 1.807) is 4.88 Å². The molecule has 4 heteroatoms. The van der Waals surface area contributed by atoms with Crippen LogP contribution >= 0.6 is 11.3 Å². The highest BCUT2D eigenvalue weighted by molar-refractivity contribution is 7.11. The Balaban J connectivity index is 1.56. The van der Waals surface area contributed by atoms with Gasteiger partial charge in [-0.3, -0.25) is 0 Å². The van der Waals surface area contributed by atoms with E-state index in [2.05, 4.69) is 5.32 Å². The lowest BCUT2D eigenvalue weighted by Crippen LogP contribution is -2.34. The molecule has 0 bridgehead atoms. The maximum Gasteiger partial charge on any atom is 0.110 e. The van der Waals surface area contributed by atoms with Crippen molar-refractivity contribution in [1.82, 2.24) is 10.3 Å². The Morgan fingerprint density at radius 3 is 2.89 bits per heavy atom. The van der Waals surface area contributed by atoms with Crippen LogP contribution in [0, 0.1) is 5.92 Å². The van der Waals surface area contributed by atoms with Crippen LogP contribution in [0.4, 0.5) is 0 Å². The highest BCUT2D eigenvalue weighted by Gasteiger charge is 2.34. The SMILES string of the molecule is C1Cc2nc(C(NC3CC3)C3CCCOC3)sc2C1. The maximum absolute atomic E-state index is 5.70. The van der Waals surface area contributed by atoms with Gasteiger partial charge >= 0.3 is 0 Å². The summed E-state index contributed by atoms with van der Waals surface area (Å²) in [6, 6.07) is 1.19. The number of rotatable bonds is 4. The largest absolute Gasteiger partial charge is 0.381 e. The van der Waals surface area contributed by atoms with Crippen LogP contribution in [0.3, 0.4) is 0 Å². The van der Waals surface area contributed by atoms with Gasteiger partial charge in [0.2, 0.25) is 0 Å². The van der Waals surface area contributed by atoms with Crippen LogP contribution in [0.25, 0.3) is 0 Å². The van der Waals surface area contributed by atoms with E-state index in [0.29, 0.717) is 12.0 Å². The lowest BCUT2D eigenvalue weighted by molar-refractivity contribution is 0.0386. The van der Waals surface area contributed by atoms with Gasteiger partial charge in [0.05, 0.1) is 18.3 Å². The maximum atomic E-state index is 5.70. The van der Waals surface area contributed by atoms with Crippen LogP contribution in [0.2, 0.25) is 0 Å². The molecule has 2 unspecified atom stereocenters. The Morgan fingerprint density at radius 1 is 1.21 bits per heavy atom. The van der Waals surface area contributed by atoms with E-state index in [0.717, 1.165) is 19.3 Å². The van der Waals surface area contributed by atoms with Gasteiger partial charge < -0.3 is 10.1 Å². The smallest absolute Gasteiger partial charge is 0.110 e. The minimum Gasteiger partial charge on any atom is -0.381 e. The molecule has 0 amide bonds. The molecule has 0 radical (unpaired) electrons. The first-order valence-corrected chi connectivity index (χ1v) is 8.54. The quantitative estimate of drug-likeness (QED) is 0.919. The second-order valence-electron chi connectivity index (χ2n) is 6.17. The Kier molecular flexibility index (Phi) is 3.34. The van der Waals surface area contributed by atoms with Crippen LogP contribution in [0.1, 0.15) is 53.7 Å². The summed E-state index contributed by atoms with van der Waals surface area (Å²) >= 11 is 1.96. The number of hydrogen-bond donors (Lipinski definition) is 1. The molecule has 3 aliphatic rings. The average Bonchev–Trinajstić information content (AvgIpc) is 3.01. The standard InChI is InChI=1S/C15H22N2OS/c1-4-12-13(5-1)19-15(17-12)14(16-11-6-7-11)10-3-2-8-18-9-10/h10-11,14,16H,1-9H2. The monoisotopic (exact) mass is 278 g/mol. The summed E-state index contributed by atoms with van der Waals surface area (Å²) in [4.78, 5) is 6.50. The van der Waals surface area contributed by atoms with Gasteiger partial charge in [-0.1, -0.05) is 0 Å². The van der Waals surface area contributed by atoms with Crippen LogP contribution in [0.15, 0.2) is 0 Å². The molecule has 1 aliphatic heterocycles. The number of aryl methyl sites for hydroxylation is 2. The number of hydrogen-bond acceptors (Lipinski definition) is 4. The van der Waals surface area contributed by atoms with Crippen molar-refractivity contribution >= 4 is 11.3 Å². The number of aromatic nitrogens is 1. The number of fused-ring (bicyclic) bond motifs is 1. The first kappa shape index (κ1) is 12.3. The van der Waals surface area contributed by atoms with E-state index >= 15 is 0 Å². The fourth-order valence-corrected chi connectivity index (χ4v) is 4.59. The van der Waals surface area contributed by atoms with Crippen molar-refractivity contribution in [2.45, 2.75) is 57.0 Å². The second-order valence-corrected chi connectivity index (χ2v) is 7.29. The molecule has 1 saturated heterocycles. The Morgan fingerprint density at radius 2 is 2.16 bits per heavy atom. The summed E-state index contributed by atoms with van der Waals surface area (Å²) in [5, 5.41) is 5.17. The number of ether oxygens (including phenoxy) is 1. The highest BCUT2D eigenvalue weighted by Crippen LogP contribution is 2.37. The molecule has 2 fully saturated rings. The molecule has 0 aromatic carbocycles. The van der Waals surface area contributed by atoms with Crippen LogP contribution in [0.5, 0.6) is 0 Å². The molecule has 1 aromatic heterocycles. The molecule has 1 saturated carbocycles. The van der Waals surface area contributed by atoms with Crippen LogP contribution in [-0.4, -0.2) is 24.2 Å². The van der Waals surface area contributed by atoms with Crippen molar-refractivity contribution < 1.29 is 4.74 Å². The molecular weight excluding hydrogens is 256 g/mol. The lowest BCUT2D eigenvalue weighted by Gasteiger charge is -2.30. The minimum atomic E-state index is 0.448. The van der Waals surface area contributed by atoms with E-state index in [1.807, 2.05) is 11.3 Å². The van der Waals surface area contributed by atoms with Gasteiger partial charge in [-0.2, -0.15) is 0 Å². The van der Waals surface area contributed by atoms with Crippen molar-refractivity contribution in [1.29, 1.82) is 0 Å². The predicted octanol–water partition coefficient (Wildman–Crippen LogP) is 2.85. The summed E-state index contributed by atoms with van der Waals surface area (Å²) in [6.07, 6.45) is 8.94. The fraction of sp³-hybridized carbons (Fsp3) is 0.800. The molecule has 3 nitrogen and oxygen atoms in total. The van der Waals surface area contributed by atoms with Crippen molar-refractivity contribution in [2.75, 3.05) is 13.2 Å². The average molecular weight is 278 g/mol. The van der Waals surface area contributed by atoms with Gasteiger partial charge in [-0.15, -0.1) is 11.3 Å². The molecule has 1 aromatic rings. The molecule has 19 heavy (non-hydrogen) atoms. The van der Waals surface area contributed by atoms with Crippen molar-refractivity contribution in [3.8, 4) is 0 Å². The Bertz CT molecular complexity index is 427. The van der Waals surface area contributed by atoms with Gasteiger partial charge in [0.15, 0.2) is 0 Å². The third-order valence-electron chi connectivity index (χ3n) is 4.54. The highest BCUT2D eigenvalue weighted by atomic mass is 32.1. The zero-order valence-electron chi connectivity index (χ0n) is 11.4. The number of thiazole rings is 1. The summed E-state index contributed by atoms with van der Waals surface area (Å²) in [5.74, 6) is 0.626. The predicted molar refractivity (Wildman–Crippen MR) is 76.6 cm³/mol. The van der Waals surface area contributed by atoms with Gasteiger partial charge in [0, 0.05) is 23.4 Å². The van der Waals surface area contributed by atoms with Gasteiger partial charge in [0.25, 0.3) is 0 Å². The summed E-state index contributed by atoms with van der Waals surface area (Å²) < 4.78 is 5.70. The van der Waals surface area contributed by atoms with Crippen molar-refractivity contribution in [3.05, 3.63) is 15.6 Å². The van der Waals surface area contributed by atoms with Crippen LogP contribution in [-0.2, 0) is 17.6 Å². The molecule has 2 heterocycles. The van der Waals surface area contributed by atoms with Gasteiger partial charge in [0.1, 0.15) is 5.01 Å². The Hall–Kier alpha value is -0.450. The summed E-state index contributed by atoms with van der Waals surface area (Å²) in [6.45, 7) is 1.86. The number of nitrogens with zero attached hydrogens (tertiary/aromatic N) is 1. The molecule has 0 spiro atoms. The Labute approximate surface area is 118 Å². The van der Waals surface area contributed by atoms with Crippen molar-refractivity contribution in [2.24, 2.45) is 5.92 Å². The molecule has 4 rings (SSSR count). The lowest BCUT2D eigenvalue weighted by atomic mass is 9.94. The molecular formula is C15H22N2OS.